The molecule has 0 aliphatic heterocycles. The van der Waals surface area contributed by atoms with Gasteiger partial charge in [-0.15, -0.1) is 11.3 Å². The van der Waals surface area contributed by atoms with Gasteiger partial charge >= 0.3 is 5.97 Å². The molecule has 1 atom stereocenters. The first kappa shape index (κ1) is 14.0. The summed E-state index contributed by atoms with van der Waals surface area (Å²) in [6, 6.07) is -1.11. The first-order valence-electron chi connectivity index (χ1n) is 4.85. The van der Waals surface area contributed by atoms with Crippen LogP contribution in [0.3, 0.4) is 0 Å². The molecular formula is C10H12ClNO4S. The molecule has 0 aromatic carbocycles. The molecule has 17 heavy (non-hydrogen) atoms. The molecule has 0 spiro atoms. The molecule has 0 fully saturated rings. The fourth-order valence-electron chi connectivity index (χ4n) is 1.19. The summed E-state index contributed by atoms with van der Waals surface area (Å²) >= 11 is 7.05. The van der Waals surface area contributed by atoms with Gasteiger partial charge in [-0.25, -0.2) is 4.79 Å². The molecule has 0 unspecified atom stereocenters. The Morgan fingerprint density at radius 3 is 2.65 bits per heavy atom. The molecular weight excluding hydrogens is 266 g/mol. The lowest BCUT2D eigenvalue weighted by molar-refractivity contribution is -0.139. The van der Waals surface area contributed by atoms with Crippen LogP contribution in [0.15, 0.2) is 5.38 Å². The number of hydrogen-bond donors (Lipinski definition) is 3. The van der Waals surface area contributed by atoms with Crippen molar-refractivity contribution in [1.82, 2.24) is 5.32 Å². The Hall–Kier alpha value is -1.11. The van der Waals surface area contributed by atoms with Crippen LogP contribution >= 0.6 is 22.9 Å². The van der Waals surface area contributed by atoms with Gasteiger partial charge in [0.2, 0.25) is 0 Å². The van der Waals surface area contributed by atoms with Crippen LogP contribution in [-0.4, -0.2) is 34.7 Å². The average molecular weight is 278 g/mol. The predicted molar refractivity (Wildman–Crippen MR) is 64.7 cm³/mol. The van der Waals surface area contributed by atoms with Crippen LogP contribution in [-0.2, 0) is 4.79 Å². The van der Waals surface area contributed by atoms with Crippen LogP contribution in [0.25, 0.3) is 0 Å². The highest BCUT2D eigenvalue weighted by atomic mass is 35.5. The summed E-state index contributed by atoms with van der Waals surface area (Å²) < 4.78 is 0. The molecule has 94 valence electrons. The van der Waals surface area contributed by atoms with Gasteiger partial charge in [0.25, 0.3) is 5.91 Å². The SMILES string of the molecule is Cc1csc(C(=O)N[C@@H](CCO)C(=O)O)c1Cl. The molecule has 5 nitrogen and oxygen atoms in total. The topological polar surface area (TPSA) is 86.6 Å². The Morgan fingerprint density at radius 1 is 1.59 bits per heavy atom. The Labute approximate surface area is 107 Å². The molecule has 1 rings (SSSR count). The van der Waals surface area contributed by atoms with Crippen molar-refractivity contribution in [3.8, 4) is 0 Å². The van der Waals surface area contributed by atoms with Crippen LogP contribution < -0.4 is 5.32 Å². The molecule has 0 radical (unpaired) electrons. The lowest BCUT2D eigenvalue weighted by Crippen LogP contribution is -2.41. The van der Waals surface area contributed by atoms with Gasteiger partial charge in [-0.1, -0.05) is 11.6 Å². The second-order valence-corrected chi connectivity index (χ2v) is 4.70. The third-order valence-electron chi connectivity index (χ3n) is 2.13. The molecule has 1 aromatic heterocycles. The van der Waals surface area contributed by atoms with E-state index < -0.39 is 17.9 Å². The highest BCUT2D eigenvalue weighted by Crippen LogP contribution is 2.26. The van der Waals surface area contributed by atoms with E-state index in [1.165, 1.54) is 0 Å². The fraction of sp³-hybridized carbons (Fsp3) is 0.400. The van der Waals surface area contributed by atoms with E-state index in [0.717, 1.165) is 16.9 Å². The van der Waals surface area contributed by atoms with Gasteiger partial charge in [-0.3, -0.25) is 4.79 Å². The van der Waals surface area contributed by atoms with E-state index in [1.807, 2.05) is 0 Å². The Balaban J connectivity index is 2.77. The van der Waals surface area contributed by atoms with E-state index in [9.17, 15) is 9.59 Å². The number of nitrogens with one attached hydrogen (secondary N) is 1. The van der Waals surface area contributed by atoms with Gasteiger partial charge in [-0.05, 0) is 17.9 Å². The highest BCUT2D eigenvalue weighted by Gasteiger charge is 2.22. The number of thiophene rings is 1. The van der Waals surface area contributed by atoms with Crippen molar-refractivity contribution >= 4 is 34.8 Å². The maximum atomic E-state index is 11.7. The summed E-state index contributed by atoms with van der Waals surface area (Å²) in [5, 5.41) is 21.9. The minimum absolute atomic E-state index is 0.0386. The molecule has 0 saturated heterocycles. The molecule has 1 aromatic rings. The van der Waals surface area contributed by atoms with Crippen molar-refractivity contribution in [1.29, 1.82) is 0 Å². The first-order chi connectivity index (χ1) is 7.97. The molecule has 0 aliphatic rings. The maximum Gasteiger partial charge on any atom is 0.326 e. The van der Waals surface area contributed by atoms with E-state index in [2.05, 4.69) is 5.32 Å². The molecule has 3 N–H and O–H groups in total. The third-order valence-corrected chi connectivity index (χ3v) is 3.82. The van der Waals surface area contributed by atoms with Gasteiger partial charge in [0.05, 0.1) is 5.02 Å². The van der Waals surface area contributed by atoms with Crippen molar-refractivity contribution < 1.29 is 19.8 Å². The summed E-state index contributed by atoms with van der Waals surface area (Å²) in [5.41, 5.74) is 0.774. The summed E-state index contributed by atoms with van der Waals surface area (Å²) in [6.45, 7) is 1.45. The maximum absolute atomic E-state index is 11.7. The molecule has 0 saturated carbocycles. The zero-order valence-electron chi connectivity index (χ0n) is 9.07. The number of rotatable bonds is 5. The summed E-state index contributed by atoms with van der Waals surface area (Å²) in [4.78, 5) is 22.8. The van der Waals surface area contributed by atoms with Crippen molar-refractivity contribution in [3.05, 3.63) is 20.8 Å². The number of aryl methyl sites for hydroxylation is 1. The minimum Gasteiger partial charge on any atom is -0.480 e. The lowest BCUT2D eigenvalue weighted by Gasteiger charge is -2.12. The van der Waals surface area contributed by atoms with Crippen molar-refractivity contribution in [2.75, 3.05) is 6.61 Å². The number of carbonyl (C=O) groups excluding carboxylic acids is 1. The molecule has 1 heterocycles. The third kappa shape index (κ3) is 3.42. The van der Waals surface area contributed by atoms with E-state index in [0.29, 0.717) is 5.02 Å². The van der Waals surface area contributed by atoms with Crippen molar-refractivity contribution in [2.24, 2.45) is 0 Å². The summed E-state index contributed by atoms with van der Waals surface area (Å²) in [6.07, 6.45) is -0.0386. The van der Waals surface area contributed by atoms with Crippen molar-refractivity contribution in [3.63, 3.8) is 0 Å². The standard InChI is InChI=1S/C10H12ClNO4S/c1-5-4-17-8(7(5)11)9(14)12-6(2-3-13)10(15)16/h4,6,13H,2-3H2,1H3,(H,12,14)(H,15,16)/t6-/m0/s1. The number of halogens is 1. The summed E-state index contributed by atoms with van der Waals surface area (Å²) in [7, 11) is 0. The lowest BCUT2D eigenvalue weighted by atomic mass is 10.2. The van der Waals surface area contributed by atoms with Crippen molar-refractivity contribution in [2.45, 2.75) is 19.4 Å². The Kier molecular flexibility index (Phi) is 4.92. The van der Waals surface area contributed by atoms with E-state index in [4.69, 9.17) is 21.8 Å². The number of aliphatic carboxylic acids is 1. The van der Waals surface area contributed by atoms with Gasteiger partial charge < -0.3 is 15.5 Å². The quantitative estimate of drug-likeness (QED) is 0.757. The summed E-state index contributed by atoms with van der Waals surface area (Å²) in [5.74, 6) is -1.72. The van der Waals surface area contributed by atoms with Gasteiger partial charge in [0, 0.05) is 13.0 Å². The predicted octanol–water partition coefficient (Wildman–Crippen LogP) is 1.28. The zero-order valence-corrected chi connectivity index (χ0v) is 10.6. The number of carboxylic acid groups (broad SMARTS) is 1. The number of carboxylic acids is 1. The second kappa shape index (κ2) is 6.00. The zero-order chi connectivity index (χ0) is 13.0. The van der Waals surface area contributed by atoms with Gasteiger partial charge in [0.15, 0.2) is 0 Å². The fourth-order valence-corrected chi connectivity index (χ4v) is 2.37. The van der Waals surface area contributed by atoms with Gasteiger partial charge in [-0.2, -0.15) is 0 Å². The molecule has 0 aliphatic carbocycles. The number of hydrogen-bond acceptors (Lipinski definition) is 4. The van der Waals surface area contributed by atoms with Crippen LogP contribution in [0.2, 0.25) is 5.02 Å². The van der Waals surface area contributed by atoms with E-state index in [-0.39, 0.29) is 17.9 Å². The number of aliphatic hydroxyl groups excluding tert-OH is 1. The minimum atomic E-state index is -1.18. The smallest absolute Gasteiger partial charge is 0.326 e. The molecule has 7 heteroatoms. The van der Waals surface area contributed by atoms with E-state index in [1.54, 1.807) is 12.3 Å². The number of carbonyl (C=O) groups is 2. The largest absolute Gasteiger partial charge is 0.480 e. The number of aliphatic hydroxyl groups is 1. The highest BCUT2D eigenvalue weighted by molar-refractivity contribution is 7.13. The normalized spacial score (nSPS) is 12.2. The average Bonchev–Trinajstić information content (AvgIpc) is 2.59. The Morgan fingerprint density at radius 2 is 2.24 bits per heavy atom. The van der Waals surface area contributed by atoms with Crippen LogP contribution in [0.4, 0.5) is 0 Å². The molecule has 0 bridgehead atoms. The Bertz CT molecular complexity index is 432. The van der Waals surface area contributed by atoms with Gasteiger partial charge in [0.1, 0.15) is 10.9 Å². The first-order valence-corrected chi connectivity index (χ1v) is 6.11. The van der Waals surface area contributed by atoms with Crippen LogP contribution in [0.1, 0.15) is 21.7 Å². The molecule has 1 amide bonds. The van der Waals surface area contributed by atoms with Crippen LogP contribution in [0.5, 0.6) is 0 Å². The number of amides is 1. The monoisotopic (exact) mass is 277 g/mol. The second-order valence-electron chi connectivity index (χ2n) is 3.44. The van der Waals surface area contributed by atoms with Crippen LogP contribution in [0, 0.1) is 6.92 Å². The van der Waals surface area contributed by atoms with E-state index >= 15 is 0 Å².